The van der Waals surface area contributed by atoms with E-state index >= 15 is 0 Å². The van der Waals surface area contributed by atoms with E-state index in [1.54, 1.807) is 7.11 Å². The van der Waals surface area contributed by atoms with E-state index in [0.717, 1.165) is 28.1 Å². The minimum Gasteiger partial charge on any atom is -0.497 e. The summed E-state index contributed by atoms with van der Waals surface area (Å²) in [6.45, 7) is 4.91. The van der Waals surface area contributed by atoms with Gasteiger partial charge in [-0.15, -0.1) is 0 Å². The molecule has 0 radical (unpaired) electrons. The molecule has 6 heteroatoms. The number of anilines is 1. The number of nitrogens with zero attached hydrogens (tertiary/aromatic N) is 1. The highest BCUT2D eigenvalue weighted by Gasteiger charge is 2.36. The van der Waals surface area contributed by atoms with Crippen LogP contribution >= 0.6 is 11.6 Å². The molecule has 0 bridgehead atoms. The highest BCUT2D eigenvalue weighted by Crippen LogP contribution is 2.43. The number of benzene rings is 3. The van der Waals surface area contributed by atoms with Crippen molar-refractivity contribution in [1.82, 2.24) is 0 Å². The topological polar surface area (TPSA) is 48.0 Å². The standard InChI is InChI=1S/C26H26ClNO4/c1-4-31-23-14-18-15-25(29)28(20-10-12-21(30-3)13-11-20)26(17-6-8-19(27)9-7-17)22(18)16-24(23)32-5-2/h6-14,16,26H,4-5,15H2,1-3H3/t26-/m0/s1. The number of ether oxygens (including phenoxy) is 3. The van der Waals surface area contributed by atoms with Crippen molar-refractivity contribution in [1.29, 1.82) is 0 Å². The minimum absolute atomic E-state index is 0.00854. The lowest BCUT2D eigenvalue weighted by molar-refractivity contribution is -0.118. The van der Waals surface area contributed by atoms with E-state index < -0.39 is 0 Å². The van der Waals surface area contributed by atoms with Crippen LogP contribution in [-0.4, -0.2) is 26.2 Å². The Hall–Kier alpha value is -3.18. The molecule has 5 nitrogen and oxygen atoms in total. The molecule has 0 fully saturated rings. The molecular weight excluding hydrogens is 426 g/mol. The van der Waals surface area contributed by atoms with E-state index in [-0.39, 0.29) is 18.4 Å². The van der Waals surface area contributed by atoms with E-state index in [1.807, 2.05) is 79.4 Å². The van der Waals surface area contributed by atoms with Gasteiger partial charge in [-0.2, -0.15) is 0 Å². The molecule has 166 valence electrons. The largest absolute Gasteiger partial charge is 0.497 e. The normalized spacial score (nSPS) is 15.3. The molecule has 4 rings (SSSR count). The summed E-state index contributed by atoms with van der Waals surface area (Å²) in [5, 5.41) is 0.647. The highest BCUT2D eigenvalue weighted by atomic mass is 35.5. The van der Waals surface area contributed by atoms with Gasteiger partial charge in [0, 0.05) is 10.7 Å². The van der Waals surface area contributed by atoms with E-state index in [4.69, 9.17) is 25.8 Å². The molecule has 32 heavy (non-hydrogen) atoms. The molecule has 0 saturated heterocycles. The Morgan fingerprint density at radius 3 is 2.16 bits per heavy atom. The quantitative estimate of drug-likeness (QED) is 0.453. The molecule has 1 heterocycles. The van der Waals surface area contributed by atoms with Gasteiger partial charge in [0.2, 0.25) is 5.91 Å². The molecule has 1 atom stereocenters. The third kappa shape index (κ3) is 4.26. The third-order valence-electron chi connectivity index (χ3n) is 5.50. The zero-order valence-corrected chi connectivity index (χ0v) is 19.2. The van der Waals surface area contributed by atoms with Crippen molar-refractivity contribution in [2.75, 3.05) is 25.2 Å². The Balaban J connectivity index is 1.89. The van der Waals surface area contributed by atoms with E-state index in [9.17, 15) is 4.79 Å². The number of amides is 1. The van der Waals surface area contributed by atoms with Crippen LogP contribution in [0.15, 0.2) is 60.7 Å². The van der Waals surface area contributed by atoms with Gasteiger partial charge in [0.05, 0.1) is 32.8 Å². The van der Waals surface area contributed by atoms with Crippen LogP contribution in [0.3, 0.4) is 0 Å². The predicted octanol–water partition coefficient (Wildman–Crippen LogP) is 5.82. The highest BCUT2D eigenvalue weighted by molar-refractivity contribution is 6.30. The number of rotatable bonds is 7. The minimum atomic E-state index is -0.327. The summed E-state index contributed by atoms with van der Waals surface area (Å²) in [5.41, 5.74) is 3.71. The number of carbonyl (C=O) groups excluding carboxylic acids is 1. The summed E-state index contributed by atoms with van der Waals surface area (Å²) in [7, 11) is 1.62. The van der Waals surface area contributed by atoms with Gasteiger partial charge in [0.25, 0.3) is 0 Å². The molecule has 1 aliphatic rings. The monoisotopic (exact) mass is 451 g/mol. The summed E-state index contributed by atoms with van der Waals surface area (Å²) in [4.78, 5) is 15.3. The average Bonchev–Trinajstić information content (AvgIpc) is 2.80. The number of methoxy groups -OCH3 is 1. The van der Waals surface area contributed by atoms with Crippen molar-refractivity contribution >= 4 is 23.2 Å². The first kappa shape index (κ1) is 22.0. The Kier molecular flexibility index (Phi) is 6.56. The number of carbonyl (C=O) groups is 1. The molecule has 0 saturated carbocycles. The summed E-state index contributed by atoms with van der Waals surface area (Å²) in [6.07, 6.45) is 0.276. The molecule has 0 unspecified atom stereocenters. The van der Waals surface area contributed by atoms with Gasteiger partial charge in [-0.1, -0.05) is 23.7 Å². The summed E-state index contributed by atoms with van der Waals surface area (Å²) < 4.78 is 17.0. The van der Waals surface area contributed by atoms with Crippen LogP contribution in [0.25, 0.3) is 0 Å². The molecular formula is C26H26ClNO4. The fraction of sp³-hybridized carbons (Fsp3) is 0.269. The lowest BCUT2D eigenvalue weighted by atomic mass is 9.87. The van der Waals surface area contributed by atoms with Crippen LogP contribution in [0.1, 0.15) is 36.6 Å². The van der Waals surface area contributed by atoms with Gasteiger partial charge in [0.1, 0.15) is 5.75 Å². The third-order valence-corrected chi connectivity index (χ3v) is 5.76. The fourth-order valence-electron chi connectivity index (χ4n) is 4.10. The van der Waals surface area contributed by atoms with Gasteiger partial charge in [-0.3, -0.25) is 4.79 Å². The second-order valence-electron chi connectivity index (χ2n) is 7.46. The zero-order chi connectivity index (χ0) is 22.7. The average molecular weight is 452 g/mol. The molecule has 3 aromatic carbocycles. The van der Waals surface area contributed by atoms with E-state index in [1.165, 1.54) is 0 Å². The van der Waals surface area contributed by atoms with E-state index in [2.05, 4.69) is 0 Å². The van der Waals surface area contributed by atoms with Crippen LogP contribution < -0.4 is 19.1 Å². The molecule has 1 aliphatic heterocycles. The second kappa shape index (κ2) is 9.53. The van der Waals surface area contributed by atoms with Crippen LogP contribution in [0.4, 0.5) is 5.69 Å². The first-order valence-corrected chi connectivity index (χ1v) is 11.1. The van der Waals surface area contributed by atoms with Crippen LogP contribution in [0.2, 0.25) is 5.02 Å². The summed E-state index contributed by atoms with van der Waals surface area (Å²) in [6, 6.07) is 18.8. The van der Waals surface area contributed by atoms with Gasteiger partial charge >= 0.3 is 0 Å². The smallest absolute Gasteiger partial charge is 0.232 e. The maximum absolute atomic E-state index is 13.4. The maximum Gasteiger partial charge on any atom is 0.232 e. The van der Waals surface area contributed by atoms with Gasteiger partial charge in [0.15, 0.2) is 11.5 Å². The Labute approximate surface area is 193 Å². The maximum atomic E-state index is 13.4. The van der Waals surface area contributed by atoms with Crippen LogP contribution in [0.5, 0.6) is 17.2 Å². The molecule has 3 aromatic rings. The van der Waals surface area contributed by atoms with Crippen molar-refractivity contribution in [3.63, 3.8) is 0 Å². The number of hydrogen-bond acceptors (Lipinski definition) is 4. The van der Waals surface area contributed by atoms with Crippen molar-refractivity contribution in [2.24, 2.45) is 0 Å². The molecule has 0 N–H and O–H groups in total. The van der Waals surface area contributed by atoms with E-state index in [0.29, 0.717) is 29.7 Å². The lowest BCUT2D eigenvalue weighted by Crippen LogP contribution is -2.41. The Morgan fingerprint density at radius 1 is 0.938 bits per heavy atom. The van der Waals surface area contributed by atoms with Crippen molar-refractivity contribution < 1.29 is 19.0 Å². The van der Waals surface area contributed by atoms with Crippen molar-refractivity contribution in [2.45, 2.75) is 26.3 Å². The van der Waals surface area contributed by atoms with Crippen molar-refractivity contribution in [3.05, 3.63) is 82.4 Å². The first-order chi connectivity index (χ1) is 15.5. The number of halogens is 1. The Bertz CT molecular complexity index is 1100. The molecule has 0 aliphatic carbocycles. The zero-order valence-electron chi connectivity index (χ0n) is 18.4. The van der Waals surface area contributed by atoms with Crippen molar-refractivity contribution in [3.8, 4) is 17.2 Å². The number of fused-ring (bicyclic) bond motifs is 1. The van der Waals surface area contributed by atoms with Gasteiger partial charge in [-0.05, 0) is 79.1 Å². The molecule has 0 spiro atoms. The molecule has 1 amide bonds. The summed E-state index contributed by atoms with van der Waals surface area (Å²) in [5.74, 6) is 2.08. The number of hydrogen-bond donors (Lipinski definition) is 0. The van der Waals surface area contributed by atoms with Gasteiger partial charge < -0.3 is 19.1 Å². The first-order valence-electron chi connectivity index (χ1n) is 10.7. The second-order valence-corrected chi connectivity index (χ2v) is 7.89. The predicted molar refractivity (Wildman–Crippen MR) is 126 cm³/mol. The molecule has 0 aromatic heterocycles. The fourth-order valence-corrected chi connectivity index (χ4v) is 4.23. The Morgan fingerprint density at radius 2 is 1.56 bits per heavy atom. The van der Waals surface area contributed by atoms with Gasteiger partial charge in [-0.25, -0.2) is 0 Å². The van der Waals surface area contributed by atoms with Crippen LogP contribution in [-0.2, 0) is 11.2 Å². The SMILES string of the molecule is CCOc1cc2c(cc1OCC)[C@H](c1ccc(Cl)cc1)N(c1ccc(OC)cc1)C(=O)C2. The lowest BCUT2D eigenvalue weighted by Gasteiger charge is -2.38. The summed E-state index contributed by atoms with van der Waals surface area (Å²) >= 11 is 6.16. The van der Waals surface area contributed by atoms with Crippen LogP contribution in [0, 0.1) is 0 Å².